The summed E-state index contributed by atoms with van der Waals surface area (Å²) >= 11 is 0. The predicted molar refractivity (Wildman–Crippen MR) is 133 cm³/mol. The molecule has 3 N–H and O–H groups in total. The number of carbonyl (C=O) groups is 1. The monoisotopic (exact) mass is 495 g/mol. The van der Waals surface area contributed by atoms with Crippen LogP contribution in [0.1, 0.15) is 11.7 Å². The number of para-hydroxylation sites is 1. The molecule has 9 nitrogen and oxygen atoms in total. The molecule has 0 fully saturated rings. The average molecular weight is 496 g/mol. The standard InChI is InChI=1S/C25H25N3O6S/c1-35(31,32)28-22-12-16(6-9-24(22)34-15-25(28)30)23(29)14-26-10-11-33-17-7-8-19-18-4-2-3-5-20(18)27-21(19)13-17/h2-9,12-13,23,26-27,29H,10-11,14-15H2,1H3/t23-/m0/s1. The number of aliphatic hydroxyl groups is 1. The molecule has 1 atom stereocenters. The molecule has 10 heteroatoms. The van der Waals surface area contributed by atoms with E-state index in [1.807, 2.05) is 36.4 Å². The van der Waals surface area contributed by atoms with Crippen LogP contribution >= 0.6 is 0 Å². The number of ether oxygens (including phenoxy) is 2. The molecule has 5 rings (SSSR count). The number of rotatable bonds is 8. The summed E-state index contributed by atoms with van der Waals surface area (Å²) in [6.07, 6.45) is 0.0435. The molecule has 2 heterocycles. The van der Waals surface area contributed by atoms with Crippen molar-refractivity contribution >= 4 is 43.4 Å². The zero-order valence-electron chi connectivity index (χ0n) is 19.0. The van der Waals surface area contributed by atoms with Crippen LogP contribution in [0.3, 0.4) is 0 Å². The van der Waals surface area contributed by atoms with Crippen LogP contribution in [0.25, 0.3) is 21.8 Å². The quantitative estimate of drug-likeness (QED) is 0.322. The minimum absolute atomic E-state index is 0.107. The second-order valence-electron chi connectivity index (χ2n) is 8.38. The van der Waals surface area contributed by atoms with E-state index in [4.69, 9.17) is 9.47 Å². The average Bonchev–Trinajstić information content (AvgIpc) is 3.20. The predicted octanol–water partition coefficient (Wildman–Crippen LogP) is 2.71. The molecule has 3 aromatic carbocycles. The zero-order valence-corrected chi connectivity index (χ0v) is 19.8. The fraction of sp³-hybridized carbons (Fsp3) is 0.240. The van der Waals surface area contributed by atoms with Crippen LogP contribution in [0.5, 0.6) is 11.5 Å². The van der Waals surface area contributed by atoms with Crippen LogP contribution in [0.15, 0.2) is 60.7 Å². The van der Waals surface area contributed by atoms with Crippen LogP contribution in [0.4, 0.5) is 5.69 Å². The highest BCUT2D eigenvalue weighted by molar-refractivity contribution is 7.92. The van der Waals surface area contributed by atoms with Crippen LogP contribution in [0.2, 0.25) is 0 Å². The van der Waals surface area contributed by atoms with Gasteiger partial charge >= 0.3 is 0 Å². The Hall–Kier alpha value is -3.60. The first-order chi connectivity index (χ1) is 16.8. The van der Waals surface area contributed by atoms with Gasteiger partial charge in [0.05, 0.1) is 17.9 Å². The lowest BCUT2D eigenvalue weighted by atomic mass is 10.1. The summed E-state index contributed by atoms with van der Waals surface area (Å²) in [4.78, 5) is 15.5. The van der Waals surface area contributed by atoms with Gasteiger partial charge in [0.15, 0.2) is 6.61 Å². The molecule has 0 unspecified atom stereocenters. The number of amides is 1. The number of aromatic amines is 1. The maximum absolute atomic E-state index is 12.1. The fourth-order valence-electron chi connectivity index (χ4n) is 4.24. The van der Waals surface area contributed by atoms with Gasteiger partial charge in [0.2, 0.25) is 10.0 Å². The number of benzene rings is 3. The Morgan fingerprint density at radius 1 is 1.11 bits per heavy atom. The molecule has 0 saturated carbocycles. The maximum atomic E-state index is 12.1. The molecule has 1 aliphatic heterocycles. The number of fused-ring (bicyclic) bond motifs is 4. The molecular formula is C25H25N3O6S. The van der Waals surface area contributed by atoms with E-state index in [1.54, 1.807) is 12.1 Å². The van der Waals surface area contributed by atoms with Crippen LogP contribution in [0, 0.1) is 0 Å². The van der Waals surface area contributed by atoms with Gasteiger partial charge in [0.25, 0.3) is 5.91 Å². The Morgan fingerprint density at radius 2 is 1.91 bits per heavy atom. The third-order valence-electron chi connectivity index (χ3n) is 5.86. The van der Waals surface area contributed by atoms with Crippen molar-refractivity contribution in [1.82, 2.24) is 10.3 Å². The Balaban J connectivity index is 1.17. The number of hydrogen-bond acceptors (Lipinski definition) is 7. The third-order valence-corrected chi connectivity index (χ3v) is 6.92. The minimum atomic E-state index is -3.82. The lowest BCUT2D eigenvalue weighted by Gasteiger charge is -2.28. The molecule has 0 bridgehead atoms. The van der Waals surface area contributed by atoms with Crippen LogP contribution in [-0.2, 0) is 14.8 Å². The van der Waals surface area contributed by atoms with Crippen molar-refractivity contribution in [3.05, 3.63) is 66.2 Å². The molecule has 0 aliphatic carbocycles. The molecule has 1 aromatic heterocycles. The van der Waals surface area contributed by atoms with Gasteiger partial charge in [-0.1, -0.05) is 24.3 Å². The second kappa shape index (κ2) is 9.21. The maximum Gasteiger partial charge on any atom is 0.278 e. The largest absolute Gasteiger partial charge is 0.492 e. The van der Waals surface area contributed by atoms with E-state index in [2.05, 4.69) is 16.4 Å². The van der Waals surface area contributed by atoms with Crippen molar-refractivity contribution < 1.29 is 27.8 Å². The summed E-state index contributed by atoms with van der Waals surface area (Å²) in [6.45, 7) is 0.754. The summed E-state index contributed by atoms with van der Waals surface area (Å²) in [5, 5.41) is 16.0. The number of sulfonamides is 1. The van der Waals surface area contributed by atoms with Gasteiger partial charge in [-0.15, -0.1) is 0 Å². The number of hydrogen-bond donors (Lipinski definition) is 3. The number of carbonyl (C=O) groups excluding carboxylic acids is 1. The Kier molecular flexibility index (Phi) is 6.10. The lowest BCUT2D eigenvalue weighted by molar-refractivity contribution is -0.120. The van der Waals surface area contributed by atoms with E-state index in [0.29, 0.717) is 23.0 Å². The van der Waals surface area contributed by atoms with Gasteiger partial charge in [0.1, 0.15) is 23.8 Å². The number of nitrogens with zero attached hydrogens (tertiary/aromatic N) is 1. The number of anilines is 1. The summed E-state index contributed by atoms with van der Waals surface area (Å²) in [5.41, 5.74) is 2.66. The van der Waals surface area contributed by atoms with Gasteiger partial charge in [0, 0.05) is 35.4 Å². The van der Waals surface area contributed by atoms with Crippen LogP contribution < -0.4 is 19.1 Å². The first-order valence-electron chi connectivity index (χ1n) is 11.1. The molecule has 0 radical (unpaired) electrons. The Labute approximate surface area is 202 Å². The Bertz CT molecular complexity index is 1510. The SMILES string of the molecule is CS(=O)(=O)N1C(=O)COc2ccc([C@@H](O)CNCCOc3ccc4c(c3)[nH]c3ccccc34)cc21. The third kappa shape index (κ3) is 4.68. The number of H-pyrrole nitrogens is 1. The summed E-state index contributed by atoms with van der Waals surface area (Å²) in [7, 11) is -3.82. The second-order valence-corrected chi connectivity index (χ2v) is 10.2. The van der Waals surface area contributed by atoms with E-state index < -0.39 is 22.0 Å². The van der Waals surface area contributed by atoms with Crippen molar-refractivity contribution in [2.24, 2.45) is 0 Å². The first-order valence-corrected chi connectivity index (χ1v) is 13.0. The first kappa shape index (κ1) is 23.2. The van der Waals surface area contributed by atoms with Gasteiger partial charge in [-0.05, 0) is 35.9 Å². The normalized spacial score (nSPS) is 14.7. The van der Waals surface area contributed by atoms with Crippen molar-refractivity contribution in [2.75, 3.05) is 36.9 Å². The number of nitrogens with one attached hydrogen (secondary N) is 2. The van der Waals surface area contributed by atoms with Crippen LogP contribution in [-0.4, -0.2) is 57.0 Å². The van der Waals surface area contributed by atoms with Gasteiger partial charge in [-0.2, -0.15) is 0 Å². The van der Waals surface area contributed by atoms with Gasteiger partial charge in [-0.25, -0.2) is 12.7 Å². The summed E-state index contributed by atoms with van der Waals surface area (Å²) in [6, 6.07) is 18.7. The number of aliphatic hydroxyl groups excluding tert-OH is 1. The van der Waals surface area contributed by atoms with E-state index in [1.165, 1.54) is 11.5 Å². The lowest BCUT2D eigenvalue weighted by Crippen LogP contribution is -2.42. The van der Waals surface area contributed by atoms with E-state index in [-0.39, 0.29) is 24.6 Å². The minimum Gasteiger partial charge on any atom is -0.492 e. The molecule has 1 aliphatic rings. The topological polar surface area (TPSA) is 121 Å². The summed E-state index contributed by atoms with van der Waals surface area (Å²) < 4.78 is 36.0. The highest BCUT2D eigenvalue weighted by Crippen LogP contribution is 2.36. The van der Waals surface area contributed by atoms with Crippen molar-refractivity contribution in [3.63, 3.8) is 0 Å². The van der Waals surface area contributed by atoms with Crippen molar-refractivity contribution in [2.45, 2.75) is 6.10 Å². The van der Waals surface area contributed by atoms with E-state index >= 15 is 0 Å². The molecule has 0 spiro atoms. The summed E-state index contributed by atoms with van der Waals surface area (Å²) in [5.74, 6) is 0.346. The van der Waals surface area contributed by atoms with Gasteiger partial charge in [-0.3, -0.25) is 4.79 Å². The number of aromatic nitrogens is 1. The molecule has 1 amide bonds. The van der Waals surface area contributed by atoms with E-state index in [0.717, 1.165) is 28.4 Å². The molecule has 182 valence electrons. The molecule has 4 aromatic rings. The Morgan fingerprint density at radius 3 is 2.74 bits per heavy atom. The fourth-order valence-corrected chi connectivity index (χ4v) is 5.16. The molecule has 35 heavy (non-hydrogen) atoms. The van der Waals surface area contributed by atoms with Crippen molar-refractivity contribution in [3.8, 4) is 11.5 Å². The zero-order chi connectivity index (χ0) is 24.6. The van der Waals surface area contributed by atoms with Crippen molar-refractivity contribution in [1.29, 1.82) is 0 Å². The highest BCUT2D eigenvalue weighted by Gasteiger charge is 2.33. The molecule has 0 saturated heterocycles. The highest BCUT2D eigenvalue weighted by atomic mass is 32.2. The smallest absolute Gasteiger partial charge is 0.278 e. The molecular weight excluding hydrogens is 470 g/mol. The van der Waals surface area contributed by atoms with E-state index in [9.17, 15) is 18.3 Å². The van der Waals surface area contributed by atoms with Gasteiger partial charge < -0.3 is 24.9 Å².